The Morgan fingerprint density at radius 2 is 1.77 bits per heavy atom. The summed E-state index contributed by atoms with van der Waals surface area (Å²) >= 11 is 0. The normalized spacial score (nSPS) is 25.8. The first-order valence-corrected chi connectivity index (χ1v) is 10.5. The van der Waals surface area contributed by atoms with Crippen LogP contribution in [0.2, 0.25) is 0 Å². The van der Waals surface area contributed by atoms with Crippen LogP contribution in [0.25, 0.3) is 6.08 Å². The van der Waals surface area contributed by atoms with E-state index < -0.39 is 0 Å². The van der Waals surface area contributed by atoms with Crippen LogP contribution in [0.5, 0.6) is 0 Å². The smallest absolute Gasteiger partial charge is 0.247 e. The average Bonchev–Trinajstić information content (AvgIpc) is 3.39. The number of carbonyl (C=O) groups excluding carboxylic acids is 2. The van der Waals surface area contributed by atoms with Gasteiger partial charge in [-0.1, -0.05) is 19.0 Å². The van der Waals surface area contributed by atoms with Crippen LogP contribution in [0.3, 0.4) is 0 Å². The van der Waals surface area contributed by atoms with Crippen LogP contribution >= 0.6 is 0 Å². The summed E-state index contributed by atoms with van der Waals surface area (Å²) in [5.41, 5.74) is 3.90. The highest BCUT2D eigenvalue weighted by atomic mass is 16.4. The number of aromatic nitrogens is 1. The van der Waals surface area contributed by atoms with E-state index in [0.717, 1.165) is 12.0 Å². The molecule has 1 N–H and O–H groups in total. The summed E-state index contributed by atoms with van der Waals surface area (Å²) in [5.74, 6) is 0.278. The Hall–Kier alpha value is -2.83. The molecule has 1 saturated carbocycles. The molecule has 0 radical (unpaired) electrons. The van der Waals surface area contributed by atoms with E-state index in [9.17, 15) is 9.59 Å². The summed E-state index contributed by atoms with van der Waals surface area (Å²) in [6.45, 7) is 8.41. The van der Waals surface area contributed by atoms with Crippen molar-refractivity contribution in [2.45, 2.75) is 27.2 Å². The number of amides is 2. The highest BCUT2D eigenvalue weighted by molar-refractivity contribution is 5.93. The van der Waals surface area contributed by atoms with E-state index in [1.54, 1.807) is 6.08 Å². The summed E-state index contributed by atoms with van der Waals surface area (Å²) in [6, 6.07) is 1.97. The molecular formula is C23H30N4O3. The first kappa shape index (κ1) is 20.4. The van der Waals surface area contributed by atoms with Gasteiger partial charge in [0.25, 0.3) is 0 Å². The number of rotatable bonds is 4. The fraction of sp³-hybridized carbons (Fsp3) is 0.522. The summed E-state index contributed by atoms with van der Waals surface area (Å²) in [5, 5.41) is 12.4. The van der Waals surface area contributed by atoms with Crippen molar-refractivity contribution in [3.8, 4) is 0 Å². The fourth-order valence-electron chi connectivity index (χ4n) is 5.13. The zero-order chi connectivity index (χ0) is 21.6. The van der Waals surface area contributed by atoms with Crippen LogP contribution < -0.4 is 0 Å². The van der Waals surface area contributed by atoms with Crippen molar-refractivity contribution in [1.29, 1.82) is 0 Å². The van der Waals surface area contributed by atoms with Gasteiger partial charge < -0.3 is 19.6 Å². The quantitative estimate of drug-likeness (QED) is 0.272. The Morgan fingerprint density at radius 3 is 2.30 bits per heavy atom. The number of carbonyl (C=O) groups is 2. The second kappa shape index (κ2) is 7.45. The maximum absolute atomic E-state index is 13.1. The minimum atomic E-state index is -0.204. The van der Waals surface area contributed by atoms with Gasteiger partial charge in [0.2, 0.25) is 11.8 Å². The van der Waals surface area contributed by atoms with Gasteiger partial charge in [-0.3, -0.25) is 9.59 Å². The lowest BCUT2D eigenvalue weighted by atomic mass is 9.53. The van der Waals surface area contributed by atoms with Gasteiger partial charge in [-0.2, -0.15) is 0 Å². The van der Waals surface area contributed by atoms with Gasteiger partial charge in [0.15, 0.2) is 0 Å². The van der Waals surface area contributed by atoms with Gasteiger partial charge in [-0.25, -0.2) is 0 Å². The van der Waals surface area contributed by atoms with Gasteiger partial charge in [0.1, 0.15) is 0 Å². The van der Waals surface area contributed by atoms with Crippen molar-refractivity contribution in [3.63, 3.8) is 0 Å². The lowest BCUT2D eigenvalue weighted by Crippen LogP contribution is -2.55. The van der Waals surface area contributed by atoms with E-state index in [1.165, 1.54) is 11.1 Å². The third kappa shape index (κ3) is 3.46. The molecule has 1 aliphatic carbocycles. The average molecular weight is 411 g/mol. The zero-order valence-corrected chi connectivity index (χ0v) is 18.1. The Balaban J connectivity index is 1.31. The third-order valence-electron chi connectivity index (χ3n) is 7.15. The largest absolute Gasteiger partial charge is 0.411 e. The Morgan fingerprint density at radius 1 is 1.13 bits per heavy atom. The van der Waals surface area contributed by atoms with Crippen LogP contribution in [0, 0.1) is 17.3 Å². The lowest BCUT2D eigenvalue weighted by molar-refractivity contribution is -0.147. The molecule has 2 aliphatic heterocycles. The summed E-state index contributed by atoms with van der Waals surface area (Å²) in [7, 11) is 1.95. The molecule has 7 heteroatoms. The highest BCUT2D eigenvalue weighted by Gasteiger charge is 2.54. The van der Waals surface area contributed by atoms with Gasteiger partial charge in [-0.15, -0.1) is 0 Å². The Bertz CT molecular complexity index is 951. The van der Waals surface area contributed by atoms with Crippen molar-refractivity contribution < 1.29 is 14.8 Å². The lowest BCUT2D eigenvalue weighted by Gasteiger charge is -2.51. The predicted octanol–water partition coefficient (Wildman–Crippen LogP) is 2.53. The minimum Gasteiger partial charge on any atom is -0.411 e. The third-order valence-corrected chi connectivity index (χ3v) is 7.15. The molecule has 3 heterocycles. The van der Waals surface area contributed by atoms with Crippen molar-refractivity contribution in [3.05, 3.63) is 41.2 Å². The van der Waals surface area contributed by atoms with E-state index in [1.807, 2.05) is 52.9 Å². The maximum Gasteiger partial charge on any atom is 0.247 e. The minimum absolute atomic E-state index is 0.00728. The van der Waals surface area contributed by atoms with E-state index in [-0.39, 0.29) is 29.1 Å². The molecule has 0 aromatic carbocycles. The number of oxime groups is 1. The number of nitrogens with zero attached hydrogens (tertiary/aromatic N) is 4. The Kier molecular flexibility index (Phi) is 5.08. The van der Waals surface area contributed by atoms with E-state index in [0.29, 0.717) is 31.9 Å². The maximum atomic E-state index is 13.1. The molecule has 30 heavy (non-hydrogen) atoms. The highest BCUT2D eigenvalue weighted by Crippen LogP contribution is 2.53. The van der Waals surface area contributed by atoms with Gasteiger partial charge in [0, 0.05) is 63.5 Å². The zero-order valence-electron chi connectivity index (χ0n) is 18.1. The standard InChI is InChI=1S/C23H30N4O3/c1-15(24-30)19-9-20(23(19,2)3)22(29)27-13-17-11-26(12-18(17)14-27)21(28)6-5-16-7-8-25(4)10-16/h5-8,10,19-20,30H,9,11-14H2,1-4H3/b6-5+,24-15+. The number of hydrogen-bond acceptors (Lipinski definition) is 4. The molecule has 2 atom stereocenters. The fourth-order valence-corrected chi connectivity index (χ4v) is 5.13. The molecule has 3 aliphatic rings. The molecule has 7 nitrogen and oxygen atoms in total. The van der Waals surface area contributed by atoms with Gasteiger partial charge in [0.05, 0.1) is 5.71 Å². The number of aryl methyl sites for hydroxylation is 1. The second-order valence-corrected chi connectivity index (χ2v) is 9.44. The SMILES string of the molecule is C/C(=N\O)C1CC(C(=O)N2CC3=C(CN(C(=O)/C=C/c4ccn(C)c4)C3)C2)C1(C)C. The molecule has 160 valence electrons. The molecule has 0 bridgehead atoms. The molecule has 2 unspecified atom stereocenters. The van der Waals surface area contributed by atoms with Crippen molar-refractivity contribution in [2.24, 2.45) is 29.5 Å². The van der Waals surface area contributed by atoms with E-state index >= 15 is 0 Å². The molecular weight excluding hydrogens is 380 g/mol. The van der Waals surface area contributed by atoms with Gasteiger partial charge in [-0.05, 0) is 47.6 Å². The van der Waals surface area contributed by atoms with Crippen LogP contribution in [0.15, 0.2) is 40.8 Å². The molecule has 1 aromatic heterocycles. The molecule has 1 fully saturated rings. The molecule has 1 aromatic rings. The Labute approximate surface area is 177 Å². The summed E-state index contributed by atoms with van der Waals surface area (Å²) in [6.07, 6.45) is 8.12. The molecule has 0 spiro atoms. The van der Waals surface area contributed by atoms with Crippen LogP contribution in [-0.4, -0.2) is 63.3 Å². The monoisotopic (exact) mass is 410 g/mol. The van der Waals surface area contributed by atoms with Gasteiger partial charge >= 0.3 is 0 Å². The first-order chi connectivity index (χ1) is 14.2. The predicted molar refractivity (Wildman–Crippen MR) is 115 cm³/mol. The second-order valence-electron chi connectivity index (χ2n) is 9.44. The van der Waals surface area contributed by atoms with E-state index in [4.69, 9.17) is 5.21 Å². The molecule has 2 amide bonds. The molecule has 0 saturated heterocycles. The van der Waals surface area contributed by atoms with Crippen molar-refractivity contribution in [1.82, 2.24) is 14.4 Å². The van der Waals surface area contributed by atoms with E-state index in [2.05, 4.69) is 19.0 Å². The summed E-state index contributed by atoms with van der Waals surface area (Å²) < 4.78 is 1.95. The van der Waals surface area contributed by atoms with Crippen molar-refractivity contribution in [2.75, 3.05) is 26.2 Å². The first-order valence-electron chi connectivity index (χ1n) is 10.5. The molecule has 4 rings (SSSR count). The number of hydrogen-bond donors (Lipinski definition) is 1. The van der Waals surface area contributed by atoms with Crippen LogP contribution in [-0.2, 0) is 16.6 Å². The van der Waals surface area contributed by atoms with Crippen LogP contribution in [0.1, 0.15) is 32.8 Å². The van der Waals surface area contributed by atoms with Crippen molar-refractivity contribution >= 4 is 23.6 Å². The topological polar surface area (TPSA) is 78.1 Å². The summed E-state index contributed by atoms with van der Waals surface area (Å²) in [4.78, 5) is 29.4. The van der Waals surface area contributed by atoms with Crippen LogP contribution in [0.4, 0.5) is 0 Å².